The summed E-state index contributed by atoms with van der Waals surface area (Å²) in [6.07, 6.45) is 0. The first-order valence-corrected chi connectivity index (χ1v) is 5.15. The second-order valence-electron chi connectivity index (χ2n) is 2.78. The number of hydrogen-bond donors (Lipinski definition) is 0. The van der Waals surface area contributed by atoms with E-state index in [2.05, 4.69) is 4.98 Å². The zero-order valence-electron chi connectivity index (χ0n) is 7.56. The predicted molar refractivity (Wildman–Crippen MR) is 56.2 cm³/mol. The van der Waals surface area contributed by atoms with E-state index < -0.39 is 4.92 Å². The zero-order chi connectivity index (χ0) is 11.0. The molecule has 0 N–H and O–H groups in total. The molecule has 2 aromatic heterocycles. The Labute approximate surface area is 93.5 Å². The van der Waals surface area contributed by atoms with Crippen LogP contribution in [0.4, 0.5) is 5.88 Å². The molecule has 0 aliphatic heterocycles. The molecule has 2 rings (SSSR count). The van der Waals surface area contributed by atoms with Crippen LogP contribution in [-0.4, -0.2) is 9.91 Å². The van der Waals surface area contributed by atoms with Crippen molar-refractivity contribution in [1.82, 2.24) is 4.98 Å². The van der Waals surface area contributed by atoms with Crippen molar-refractivity contribution in [2.75, 3.05) is 0 Å². The molecule has 0 radical (unpaired) electrons. The summed E-state index contributed by atoms with van der Waals surface area (Å²) in [6, 6.07) is 2.84. The molecule has 0 fully saturated rings. The van der Waals surface area contributed by atoms with E-state index >= 15 is 0 Å². The fourth-order valence-corrected chi connectivity index (χ4v) is 2.25. The maximum atomic E-state index is 10.4. The number of nitrogens with zero attached hydrogens (tertiary/aromatic N) is 2. The number of rotatable bonds is 2. The summed E-state index contributed by atoms with van der Waals surface area (Å²) in [6.45, 7) is 1.77. The lowest BCUT2D eigenvalue weighted by Gasteiger charge is -1.89. The average Bonchev–Trinajstić information content (AvgIpc) is 2.71. The largest absolute Gasteiger partial charge is 0.433 e. The van der Waals surface area contributed by atoms with Gasteiger partial charge in [0.1, 0.15) is 4.92 Å². The summed E-state index contributed by atoms with van der Waals surface area (Å²) in [7, 11) is 0. The molecule has 15 heavy (non-hydrogen) atoms. The quantitative estimate of drug-likeness (QED) is 0.600. The van der Waals surface area contributed by atoms with Crippen molar-refractivity contribution in [1.29, 1.82) is 0 Å². The second-order valence-corrected chi connectivity index (χ2v) is 4.36. The molecule has 0 atom stereocenters. The lowest BCUT2D eigenvalue weighted by molar-refractivity contribution is -0.401. The van der Waals surface area contributed by atoms with Crippen LogP contribution in [0.25, 0.3) is 10.6 Å². The third kappa shape index (κ3) is 1.86. The molecule has 0 aliphatic carbocycles. The number of hydrogen-bond acceptors (Lipinski definition) is 5. The highest BCUT2D eigenvalue weighted by Crippen LogP contribution is 2.34. The molecule has 0 bridgehead atoms. The number of furan rings is 1. The van der Waals surface area contributed by atoms with Crippen LogP contribution in [0.5, 0.6) is 0 Å². The third-order valence-electron chi connectivity index (χ3n) is 1.77. The molecule has 0 aromatic carbocycles. The van der Waals surface area contributed by atoms with Gasteiger partial charge in [0.15, 0.2) is 10.2 Å². The van der Waals surface area contributed by atoms with Gasteiger partial charge in [-0.15, -0.1) is 0 Å². The molecule has 7 heteroatoms. The van der Waals surface area contributed by atoms with Gasteiger partial charge in [-0.05, 0) is 13.0 Å². The lowest BCUT2D eigenvalue weighted by Crippen LogP contribution is -1.82. The van der Waals surface area contributed by atoms with Crippen LogP contribution in [0.1, 0.15) is 5.69 Å². The minimum absolute atomic E-state index is 0.283. The molecule has 0 aliphatic rings. The number of nitro groups is 1. The Hall–Kier alpha value is -1.40. The normalized spacial score (nSPS) is 10.5. The van der Waals surface area contributed by atoms with Crippen LogP contribution >= 0.6 is 22.9 Å². The van der Waals surface area contributed by atoms with E-state index in [4.69, 9.17) is 16.0 Å². The fourth-order valence-electron chi connectivity index (χ4n) is 1.14. The van der Waals surface area contributed by atoms with Crippen LogP contribution < -0.4 is 0 Å². The van der Waals surface area contributed by atoms with Crippen LogP contribution in [0.2, 0.25) is 4.47 Å². The van der Waals surface area contributed by atoms with Gasteiger partial charge >= 0.3 is 5.88 Å². The number of halogens is 1. The molecule has 0 spiro atoms. The first-order chi connectivity index (χ1) is 7.08. The Morgan fingerprint density at radius 1 is 1.60 bits per heavy atom. The van der Waals surface area contributed by atoms with Crippen molar-refractivity contribution in [2.45, 2.75) is 6.92 Å². The molecule has 2 heterocycles. The second kappa shape index (κ2) is 3.63. The predicted octanol–water partition coefficient (Wildman–Crippen LogP) is 3.27. The monoisotopic (exact) mass is 244 g/mol. The van der Waals surface area contributed by atoms with Gasteiger partial charge in [0.2, 0.25) is 0 Å². The summed E-state index contributed by atoms with van der Waals surface area (Å²) in [5.41, 5.74) is 0.703. The molecule has 0 amide bonds. The minimum atomic E-state index is -0.582. The first-order valence-electron chi connectivity index (χ1n) is 3.95. The fraction of sp³-hybridized carbons (Fsp3) is 0.125. The Morgan fingerprint density at radius 3 is 2.80 bits per heavy atom. The Balaban J connectivity index is 2.45. The summed E-state index contributed by atoms with van der Waals surface area (Å²) >= 11 is 6.95. The Kier molecular flexibility index (Phi) is 2.45. The van der Waals surface area contributed by atoms with E-state index in [1.54, 1.807) is 6.92 Å². The number of aryl methyl sites for hydroxylation is 1. The summed E-state index contributed by atoms with van der Waals surface area (Å²) in [5.74, 6) is 0.137. The lowest BCUT2D eigenvalue weighted by atomic mass is 10.3. The van der Waals surface area contributed by atoms with Gasteiger partial charge in [-0.3, -0.25) is 10.1 Å². The minimum Gasteiger partial charge on any atom is -0.400 e. The maximum absolute atomic E-state index is 10.4. The van der Waals surface area contributed by atoms with Crippen LogP contribution in [0, 0.1) is 17.0 Å². The standard InChI is InChI=1S/C8H5ClN2O3S/c1-4-7(15-8(9)10-4)5-2-3-6(14-5)11(12)13/h2-3H,1H3. The van der Waals surface area contributed by atoms with E-state index in [9.17, 15) is 10.1 Å². The maximum Gasteiger partial charge on any atom is 0.433 e. The topological polar surface area (TPSA) is 69.2 Å². The molecule has 0 unspecified atom stereocenters. The smallest absolute Gasteiger partial charge is 0.400 e. The summed E-state index contributed by atoms with van der Waals surface area (Å²) in [5, 5.41) is 10.4. The van der Waals surface area contributed by atoms with Crippen molar-refractivity contribution in [3.63, 3.8) is 0 Å². The van der Waals surface area contributed by atoms with Gasteiger partial charge in [-0.1, -0.05) is 22.9 Å². The van der Waals surface area contributed by atoms with E-state index in [0.29, 0.717) is 20.8 Å². The van der Waals surface area contributed by atoms with Gasteiger partial charge in [0, 0.05) is 0 Å². The first kappa shape index (κ1) is 10.1. The Morgan fingerprint density at radius 2 is 2.33 bits per heavy atom. The van der Waals surface area contributed by atoms with Gasteiger partial charge in [0.05, 0.1) is 16.6 Å². The van der Waals surface area contributed by atoms with Crippen LogP contribution in [-0.2, 0) is 0 Å². The van der Waals surface area contributed by atoms with Crippen molar-refractivity contribution in [3.8, 4) is 10.6 Å². The third-order valence-corrected chi connectivity index (χ3v) is 3.04. The van der Waals surface area contributed by atoms with Crippen LogP contribution in [0.3, 0.4) is 0 Å². The van der Waals surface area contributed by atoms with Gasteiger partial charge in [0.25, 0.3) is 0 Å². The van der Waals surface area contributed by atoms with Crippen molar-refractivity contribution >= 4 is 28.8 Å². The van der Waals surface area contributed by atoms with Gasteiger partial charge in [-0.25, -0.2) is 4.98 Å². The zero-order valence-corrected chi connectivity index (χ0v) is 9.13. The highest BCUT2D eigenvalue weighted by Gasteiger charge is 2.17. The number of thiazole rings is 1. The Bertz CT molecular complexity index is 520. The van der Waals surface area contributed by atoms with E-state index in [-0.39, 0.29) is 5.88 Å². The van der Waals surface area contributed by atoms with E-state index in [1.165, 1.54) is 23.5 Å². The molecule has 2 aromatic rings. The highest BCUT2D eigenvalue weighted by molar-refractivity contribution is 7.19. The molecule has 78 valence electrons. The average molecular weight is 245 g/mol. The van der Waals surface area contributed by atoms with Crippen LogP contribution in [0.15, 0.2) is 16.5 Å². The molecular formula is C8H5ClN2O3S. The van der Waals surface area contributed by atoms with E-state index in [0.717, 1.165) is 0 Å². The molecule has 5 nitrogen and oxygen atoms in total. The van der Waals surface area contributed by atoms with Crippen molar-refractivity contribution < 1.29 is 9.34 Å². The molecular weight excluding hydrogens is 240 g/mol. The summed E-state index contributed by atoms with van der Waals surface area (Å²) in [4.78, 5) is 14.5. The van der Waals surface area contributed by atoms with Gasteiger partial charge < -0.3 is 4.42 Å². The van der Waals surface area contributed by atoms with Gasteiger partial charge in [-0.2, -0.15) is 0 Å². The summed E-state index contributed by atoms with van der Waals surface area (Å²) < 4.78 is 5.43. The molecule has 0 saturated heterocycles. The SMILES string of the molecule is Cc1nc(Cl)sc1-c1ccc([N+](=O)[O-])o1. The van der Waals surface area contributed by atoms with Crippen molar-refractivity contribution in [2.24, 2.45) is 0 Å². The van der Waals surface area contributed by atoms with E-state index in [1.807, 2.05) is 0 Å². The molecule has 0 saturated carbocycles. The van der Waals surface area contributed by atoms with Crippen molar-refractivity contribution in [3.05, 3.63) is 32.4 Å². The highest BCUT2D eigenvalue weighted by atomic mass is 35.5. The number of aromatic nitrogens is 1.